The van der Waals surface area contributed by atoms with Crippen LogP contribution in [0, 0.1) is 0 Å². The molecular weight excluding hydrogens is 981 g/mol. The first-order chi connectivity index (χ1) is 37.9. The second-order valence-electron chi connectivity index (χ2n) is 19.6. The van der Waals surface area contributed by atoms with Crippen molar-refractivity contribution in [2.75, 3.05) is 26.4 Å². The first-order valence-corrected chi connectivity index (χ1v) is 26.3. The van der Waals surface area contributed by atoms with E-state index >= 15 is 0 Å². The van der Waals surface area contributed by atoms with E-state index in [1.807, 2.05) is 127 Å². The monoisotopic (exact) mass is 1040 g/mol. The zero-order valence-corrected chi connectivity index (χ0v) is 42.6. The van der Waals surface area contributed by atoms with Gasteiger partial charge in [0, 0.05) is 30.2 Å². The van der Waals surface area contributed by atoms with Crippen LogP contribution in [0.2, 0.25) is 0 Å². The van der Waals surface area contributed by atoms with Gasteiger partial charge in [0.2, 0.25) is 0 Å². The highest BCUT2D eigenvalue weighted by Crippen LogP contribution is 2.39. The van der Waals surface area contributed by atoms with Crippen molar-refractivity contribution in [3.8, 4) is 0 Å². The number of nitrogens with zero attached hydrogens (tertiary/aromatic N) is 4. The smallest absolute Gasteiger partial charge is 0.407 e. The van der Waals surface area contributed by atoms with Gasteiger partial charge in [-0.1, -0.05) is 169 Å². The third-order valence-electron chi connectivity index (χ3n) is 14.2. The summed E-state index contributed by atoms with van der Waals surface area (Å²) in [5.41, 5.74) is 14.4. The highest BCUT2D eigenvalue weighted by Gasteiger charge is 2.54. The Morgan fingerprint density at radius 1 is 0.623 bits per heavy atom. The van der Waals surface area contributed by atoms with Gasteiger partial charge in [-0.15, -0.1) is 0 Å². The Morgan fingerprint density at radius 3 is 1.88 bits per heavy atom. The lowest BCUT2D eigenvalue weighted by molar-refractivity contribution is -0.376. The van der Waals surface area contributed by atoms with Crippen LogP contribution in [0.25, 0.3) is 32.0 Å². The Kier molecular flexibility index (Phi) is 18.5. The van der Waals surface area contributed by atoms with Gasteiger partial charge in [-0.05, 0) is 80.7 Å². The number of aliphatic hydroxyl groups is 1. The van der Waals surface area contributed by atoms with Gasteiger partial charge < -0.3 is 57.7 Å². The molecule has 11 atom stereocenters. The number of fused-ring (bicyclic) bond motifs is 3. The molecule has 3 heterocycles. The number of rotatable bonds is 23. The fourth-order valence-electron chi connectivity index (χ4n) is 10.2. The van der Waals surface area contributed by atoms with Crippen molar-refractivity contribution in [2.45, 2.75) is 113 Å². The van der Waals surface area contributed by atoms with Gasteiger partial charge in [0.15, 0.2) is 18.9 Å². The molecule has 400 valence electrons. The molecule has 0 bridgehead atoms. The number of amides is 1. The van der Waals surface area contributed by atoms with E-state index in [2.05, 4.69) is 58.6 Å². The van der Waals surface area contributed by atoms with E-state index in [1.54, 1.807) is 0 Å². The lowest BCUT2D eigenvalue weighted by atomic mass is 9.95. The number of carboxylic acid groups (broad SMARTS) is 1. The fourth-order valence-corrected chi connectivity index (χ4v) is 10.2. The number of carbonyl (C=O) groups is 1. The molecule has 0 spiro atoms. The minimum atomic E-state index is -1.36. The molecule has 3 aliphatic heterocycles. The van der Waals surface area contributed by atoms with E-state index in [1.165, 1.54) is 4.90 Å². The average Bonchev–Trinajstić information content (AvgIpc) is 3.46. The summed E-state index contributed by atoms with van der Waals surface area (Å²) >= 11 is 0. The second-order valence-corrected chi connectivity index (χ2v) is 19.6. The Labute approximate surface area is 447 Å². The van der Waals surface area contributed by atoms with Crippen molar-refractivity contribution < 1.29 is 57.6 Å². The van der Waals surface area contributed by atoms with Gasteiger partial charge in [0.05, 0.1) is 39.1 Å². The Hall–Kier alpha value is -6.76. The predicted octanol–water partition coefficient (Wildman–Crippen LogP) is 11.0. The maximum absolute atomic E-state index is 12.2. The minimum Gasteiger partial charge on any atom is -0.465 e. The van der Waals surface area contributed by atoms with Crippen LogP contribution in [0.3, 0.4) is 0 Å². The van der Waals surface area contributed by atoms with Crippen LogP contribution in [-0.2, 0) is 69.0 Å². The summed E-state index contributed by atoms with van der Waals surface area (Å²) in [6.45, 7) is 1.46. The van der Waals surface area contributed by atoms with Crippen molar-refractivity contribution in [2.24, 2.45) is 5.11 Å². The molecule has 7 aromatic carbocycles. The molecule has 3 aliphatic rings. The molecule has 16 heteroatoms. The molecular formula is C61H64N4O12. The zero-order chi connectivity index (χ0) is 52.8. The number of benzene rings is 7. The third kappa shape index (κ3) is 13.9. The van der Waals surface area contributed by atoms with Gasteiger partial charge in [-0.3, -0.25) is 0 Å². The van der Waals surface area contributed by atoms with Crippen LogP contribution < -0.4 is 0 Å². The molecule has 2 N–H and O–H groups in total. The minimum absolute atomic E-state index is 0.00240. The van der Waals surface area contributed by atoms with Gasteiger partial charge >= 0.3 is 6.09 Å². The summed E-state index contributed by atoms with van der Waals surface area (Å²) in [7, 11) is 0. The standard InChI is InChI=1S/C61H64N4O12/c62-64-63-52-53(66)54-51(40-73-58(76-54)47-23-9-3-10-24-47)74-59(52)77-55-50(39-69-36-42-19-7-2-8-20-42)75-60(70-32-16-4-15-31-65(61(67)68)35-41-17-5-1-6-18-41)57(72-38-44-28-30-46-22-12-14-26-49(46)34-44)56(55)71-37-43-27-29-45-21-11-13-25-48(45)33-43/h1-3,5-14,17-30,33-34,50-60,66H,4,15-16,31-32,35-40H2,(H,67,68)/t50-,51-,52-,53-,54+,55+,56+,57-,58+,59-,60+/m1/s1. The highest BCUT2D eigenvalue weighted by molar-refractivity contribution is 5.83. The SMILES string of the molecule is [N-]=[N+]=N[C@H]1[C@@H](O[C@@H]2[C@H](OCc3ccc4ccccc4c3)[C@@H](OCc3ccc4ccccc4c3)[C@@H](OCCCCCN(Cc3ccccc3)C(=O)O)O[C@@H]2COCc2ccccc2)O[C@@H]2CO[C@H](c3ccccc3)O[C@@H]2[C@@H]1O. The fraction of sp³-hybridized carbons (Fsp3) is 0.361. The molecule has 0 aromatic heterocycles. The van der Waals surface area contributed by atoms with Crippen LogP contribution in [0.5, 0.6) is 0 Å². The first-order valence-electron chi connectivity index (χ1n) is 26.3. The van der Waals surface area contributed by atoms with E-state index in [4.69, 9.17) is 42.6 Å². The Bertz CT molecular complexity index is 3030. The summed E-state index contributed by atoms with van der Waals surface area (Å²) in [6, 6.07) is 56.0. The van der Waals surface area contributed by atoms with Gasteiger partial charge in [0.1, 0.15) is 42.7 Å². The van der Waals surface area contributed by atoms with Crippen LogP contribution in [0.1, 0.15) is 53.4 Å². The molecule has 1 amide bonds. The van der Waals surface area contributed by atoms with Crippen LogP contribution >= 0.6 is 0 Å². The number of aliphatic hydroxyl groups excluding tert-OH is 1. The van der Waals surface area contributed by atoms with Crippen LogP contribution in [0.4, 0.5) is 4.79 Å². The van der Waals surface area contributed by atoms with Crippen molar-refractivity contribution in [1.82, 2.24) is 4.90 Å². The first kappa shape index (κ1) is 53.6. The number of unbranched alkanes of at least 4 members (excludes halogenated alkanes) is 2. The van der Waals surface area contributed by atoms with E-state index in [0.29, 0.717) is 32.4 Å². The molecule has 3 saturated heterocycles. The van der Waals surface area contributed by atoms with E-state index in [0.717, 1.165) is 49.4 Å². The predicted molar refractivity (Wildman–Crippen MR) is 287 cm³/mol. The number of hydrogen-bond donors (Lipinski definition) is 2. The molecule has 10 rings (SSSR count). The number of azide groups is 1. The highest BCUT2D eigenvalue weighted by atomic mass is 16.8. The maximum Gasteiger partial charge on any atom is 0.407 e. The summed E-state index contributed by atoms with van der Waals surface area (Å²) < 4.78 is 60.5. The largest absolute Gasteiger partial charge is 0.465 e. The number of ether oxygens (including phenoxy) is 9. The third-order valence-corrected chi connectivity index (χ3v) is 14.2. The van der Waals surface area contributed by atoms with Gasteiger partial charge in [0.25, 0.3) is 0 Å². The number of hydrogen-bond acceptors (Lipinski definition) is 12. The second kappa shape index (κ2) is 26.5. The summed E-state index contributed by atoms with van der Waals surface area (Å²) in [5.74, 6) is 0. The van der Waals surface area contributed by atoms with Crippen molar-refractivity contribution >= 4 is 27.6 Å². The Morgan fingerprint density at radius 2 is 1.23 bits per heavy atom. The molecule has 77 heavy (non-hydrogen) atoms. The molecule has 0 radical (unpaired) electrons. The van der Waals surface area contributed by atoms with E-state index < -0.39 is 73.7 Å². The van der Waals surface area contributed by atoms with Crippen LogP contribution in [-0.4, -0.2) is 109 Å². The topological polar surface area (TPSA) is 193 Å². The Balaban J connectivity index is 0.955. The van der Waals surface area contributed by atoms with Gasteiger partial charge in [-0.25, -0.2) is 4.79 Å². The molecule has 0 aliphatic carbocycles. The summed E-state index contributed by atoms with van der Waals surface area (Å²) in [6.07, 6.45) is -9.22. The van der Waals surface area contributed by atoms with Crippen molar-refractivity contribution in [1.29, 1.82) is 0 Å². The lowest BCUT2D eigenvalue weighted by Crippen LogP contribution is -2.66. The van der Waals surface area contributed by atoms with Crippen molar-refractivity contribution in [3.05, 3.63) is 214 Å². The molecule has 0 unspecified atom stereocenters. The van der Waals surface area contributed by atoms with E-state index in [-0.39, 0.29) is 39.6 Å². The van der Waals surface area contributed by atoms with E-state index in [9.17, 15) is 20.5 Å². The maximum atomic E-state index is 12.2. The normalized spacial score (nSPS) is 25.2. The average molecular weight is 1050 g/mol. The van der Waals surface area contributed by atoms with Crippen molar-refractivity contribution in [3.63, 3.8) is 0 Å². The van der Waals surface area contributed by atoms with Gasteiger partial charge in [-0.2, -0.15) is 0 Å². The molecule has 3 fully saturated rings. The van der Waals surface area contributed by atoms with Crippen LogP contribution in [0.15, 0.2) is 181 Å². The molecule has 0 saturated carbocycles. The lowest BCUT2D eigenvalue weighted by Gasteiger charge is -2.50. The zero-order valence-electron chi connectivity index (χ0n) is 42.6. The summed E-state index contributed by atoms with van der Waals surface area (Å²) in [4.78, 5) is 16.8. The molecule has 7 aromatic rings. The summed E-state index contributed by atoms with van der Waals surface area (Å²) in [5, 5.41) is 30.4. The quantitative estimate of drug-likeness (QED) is 0.0267. The molecule has 16 nitrogen and oxygen atoms in total.